The summed E-state index contributed by atoms with van der Waals surface area (Å²) in [5, 5.41) is 5.23. The number of nitrogens with zero attached hydrogens (tertiary/aromatic N) is 2. The van der Waals surface area contributed by atoms with Gasteiger partial charge in [0.1, 0.15) is 22.2 Å². The third kappa shape index (κ3) is 4.56. The first-order valence-corrected chi connectivity index (χ1v) is 8.75. The molecule has 26 heavy (non-hydrogen) atoms. The van der Waals surface area contributed by atoms with Crippen molar-refractivity contribution in [2.24, 2.45) is 5.73 Å². The highest BCUT2D eigenvalue weighted by Crippen LogP contribution is 2.23. The van der Waals surface area contributed by atoms with Crippen molar-refractivity contribution in [1.82, 2.24) is 15.3 Å². The Hall–Kier alpha value is -2.97. The van der Waals surface area contributed by atoms with Crippen LogP contribution in [0.5, 0.6) is 17.4 Å². The molecule has 134 valence electrons. The zero-order chi connectivity index (χ0) is 18.4. The van der Waals surface area contributed by atoms with Crippen LogP contribution in [0.3, 0.4) is 0 Å². The molecule has 0 aliphatic heterocycles. The largest absolute Gasteiger partial charge is 0.497 e. The van der Waals surface area contributed by atoms with E-state index in [0.29, 0.717) is 36.2 Å². The molecule has 3 rings (SSSR count). The number of aromatic nitrogens is 2. The number of carbonyl (C=O) groups excluding carboxylic acids is 1. The van der Waals surface area contributed by atoms with Gasteiger partial charge in [0, 0.05) is 36.8 Å². The van der Waals surface area contributed by atoms with Crippen molar-refractivity contribution in [2.45, 2.75) is 13.1 Å². The van der Waals surface area contributed by atoms with Crippen LogP contribution in [-0.4, -0.2) is 23.0 Å². The molecule has 0 bridgehead atoms. The quantitative estimate of drug-likeness (QED) is 0.663. The molecule has 0 radical (unpaired) electrons. The Labute approximate surface area is 154 Å². The summed E-state index contributed by atoms with van der Waals surface area (Å²) in [6.45, 7) is 0.678. The molecule has 2 aromatic heterocycles. The number of pyridine rings is 1. The average Bonchev–Trinajstić information content (AvgIpc) is 3.17. The third-order valence-corrected chi connectivity index (χ3v) is 4.34. The van der Waals surface area contributed by atoms with Gasteiger partial charge in [-0.2, -0.15) is 0 Å². The van der Waals surface area contributed by atoms with Gasteiger partial charge in [-0.1, -0.05) is 12.1 Å². The van der Waals surface area contributed by atoms with Crippen LogP contribution in [0.1, 0.15) is 21.1 Å². The molecular weight excluding hydrogens is 352 g/mol. The molecule has 2 heterocycles. The Morgan fingerprint density at radius 1 is 1.27 bits per heavy atom. The van der Waals surface area contributed by atoms with Crippen LogP contribution in [0.15, 0.2) is 48.0 Å². The van der Waals surface area contributed by atoms with Crippen molar-refractivity contribution >= 4 is 17.2 Å². The lowest BCUT2D eigenvalue weighted by atomic mass is 10.3. The van der Waals surface area contributed by atoms with Crippen LogP contribution in [0.25, 0.3) is 0 Å². The van der Waals surface area contributed by atoms with Crippen molar-refractivity contribution in [1.29, 1.82) is 0 Å². The van der Waals surface area contributed by atoms with Gasteiger partial charge in [-0.25, -0.2) is 9.97 Å². The Morgan fingerprint density at radius 3 is 2.81 bits per heavy atom. The number of methoxy groups -OCH3 is 1. The van der Waals surface area contributed by atoms with E-state index < -0.39 is 0 Å². The van der Waals surface area contributed by atoms with E-state index in [9.17, 15) is 4.79 Å². The molecule has 7 nitrogen and oxygen atoms in total. The Morgan fingerprint density at radius 2 is 2.12 bits per heavy atom. The van der Waals surface area contributed by atoms with E-state index in [1.807, 2.05) is 24.3 Å². The number of rotatable bonds is 7. The van der Waals surface area contributed by atoms with Crippen LogP contribution < -0.4 is 20.5 Å². The van der Waals surface area contributed by atoms with Crippen LogP contribution in [-0.2, 0) is 13.1 Å². The lowest BCUT2D eigenvalue weighted by Crippen LogP contribution is -2.23. The Balaban J connectivity index is 1.56. The monoisotopic (exact) mass is 370 g/mol. The average molecular weight is 370 g/mol. The summed E-state index contributed by atoms with van der Waals surface area (Å²) in [5.74, 6) is 1.57. The van der Waals surface area contributed by atoms with E-state index >= 15 is 0 Å². The topological polar surface area (TPSA) is 99.4 Å². The van der Waals surface area contributed by atoms with Crippen LogP contribution in [0.4, 0.5) is 0 Å². The second kappa shape index (κ2) is 8.41. The van der Waals surface area contributed by atoms with Gasteiger partial charge in [-0.3, -0.25) is 4.79 Å². The number of hydrogen-bond donors (Lipinski definition) is 2. The minimum atomic E-state index is -0.238. The minimum absolute atomic E-state index is 0.238. The van der Waals surface area contributed by atoms with Crippen LogP contribution >= 0.6 is 11.3 Å². The third-order valence-electron chi connectivity index (χ3n) is 3.47. The van der Waals surface area contributed by atoms with Crippen LogP contribution in [0, 0.1) is 0 Å². The number of nitrogens with two attached hydrogens (primary N) is 1. The highest BCUT2D eigenvalue weighted by molar-refractivity contribution is 7.09. The fraction of sp³-hybridized carbons (Fsp3) is 0.167. The maximum atomic E-state index is 12.1. The number of ether oxygens (including phenoxy) is 2. The minimum Gasteiger partial charge on any atom is -0.497 e. The predicted molar refractivity (Wildman–Crippen MR) is 98.5 cm³/mol. The second-order valence-electron chi connectivity index (χ2n) is 5.30. The molecule has 0 fully saturated rings. The van der Waals surface area contributed by atoms with Crippen molar-refractivity contribution in [3.8, 4) is 17.4 Å². The summed E-state index contributed by atoms with van der Waals surface area (Å²) in [4.78, 5) is 20.5. The fourth-order valence-corrected chi connectivity index (χ4v) is 2.80. The summed E-state index contributed by atoms with van der Waals surface area (Å²) >= 11 is 1.37. The van der Waals surface area contributed by atoms with Gasteiger partial charge in [0.15, 0.2) is 0 Å². The van der Waals surface area contributed by atoms with Crippen molar-refractivity contribution in [3.05, 3.63) is 64.2 Å². The number of benzene rings is 1. The first kappa shape index (κ1) is 17.8. The number of nitrogens with one attached hydrogen (secondary N) is 1. The predicted octanol–water partition coefficient (Wildman–Crippen LogP) is 2.73. The van der Waals surface area contributed by atoms with E-state index in [-0.39, 0.29) is 5.91 Å². The molecule has 8 heteroatoms. The summed E-state index contributed by atoms with van der Waals surface area (Å²) in [7, 11) is 1.60. The lowest BCUT2D eigenvalue weighted by molar-refractivity contribution is 0.0946. The summed E-state index contributed by atoms with van der Waals surface area (Å²) in [5.41, 5.74) is 6.73. The van der Waals surface area contributed by atoms with Crippen molar-refractivity contribution < 1.29 is 14.3 Å². The zero-order valence-corrected chi connectivity index (χ0v) is 15.0. The zero-order valence-electron chi connectivity index (χ0n) is 14.1. The maximum absolute atomic E-state index is 12.1. The Bertz CT molecular complexity index is 880. The summed E-state index contributed by atoms with van der Waals surface area (Å²) in [6.07, 6.45) is 1.65. The molecule has 0 saturated carbocycles. The molecule has 3 aromatic rings. The summed E-state index contributed by atoms with van der Waals surface area (Å²) < 4.78 is 10.8. The maximum Gasteiger partial charge on any atom is 0.271 e. The van der Waals surface area contributed by atoms with Gasteiger partial charge in [-0.05, 0) is 17.7 Å². The van der Waals surface area contributed by atoms with Gasteiger partial charge in [0.2, 0.25) is 5.88 Å². The number of hydrogen-bond acceptors (Lipinski definition) is 7. The van der Waals surface area contributed by atoms with Crippen molar-refractivity contribution in [3.63, 3.8) is 0 Å². The van der Waals surface area contributed by atoms with Gasteiger partial charge >= 0.3 is 0 Å². The number of carbonyl (C=O) groups is 1. The lowest BCUT2D eigenvalue weighted by Gasteiger charge is -2.07. The van der Waals surface area contributed by atoms with E-state index in [2.05, 4.69) is 15.3 Å². The number of thiazole rings is 1. The molecule has 1 amide bonds. The van der Waals surface area contributed by atoms with Crippen LogP contribution in [0.2, 0.25) is 0 Å². The molecule has 0 atom stereocenters. The van der Waals surface area contributed by atoms with Gasteiger partial charge in [0.05, 0.1) is 7.11 Å². The molecule has 0 saturated heterocycles. The molecule has 0 spiro atoms. The van der Waals surface area contributed by atoms with Gasteiger partial charge < -0.3 is 20.5 Å². The highest BCUT2D eigenvalue weighted by Gasteiger charge is 2.10. The van der Waals surface area contributed by atoms with Gasteiger partial charge in [0.25, 0.3) is 5.91 Å². The molecule has 0 aliphatic carbocycles. The normalized spacial score (nSPS) is 10.4. The molecule has 3 N–H and O–H groups in total. The summed E-state index contributed by atoms with van der Waals surface area (Å²) in [6, 6.07) is 10.9. The highest BCUT2D eigenvalue weighted by atomic mass is 32.1. The Kier molecular flexibility index (Phi) is 5.77. The standard InChI is InChI=1S/C18H18N4O3S/c1-24-13-3-2-4-14(7-13)25-16-6-5-12(9-20-16)10-21-18(23)15-11-26-17(8-19)22-15/h2-7,9,11H,8,10,19H2,1H3,(H,21,23). The van der Waals surface area contributed by atoms with Crippen molar-refractivity contribution in [2.75, 3.05) is 7.11 Å². The first-order chi connectivity index (χ1) is 12.7. The van der Waals surface area contributed by atoms with E-state index in [0.717, 1.165) is 10.6 Å². The van der Waals surface area contributed by atoms with E-state index in [1.165, 1.54) is 11.3 Å². The second-order valence-corrected chi connectivity index (χ2v) is 6.24. The van der Waals surface area contributed by atoms with E-state index in [4.69, 9.17) is 15.2 Å². The molecule has 1 aromatic carbocycles. The number of amides is 1. The fourth-order valence-electron chi connectivity index (χ4n) is 2.14. The molecule has 0 aliphatic rings. The molecule has 0 unspecified atom stereocenters. The molecular formula is C18H18N4O3S. The first-order valence-electron chi connectivity index (χ1n) is 7.87. The smallest absolute Gasteiger partial charge is 0.271 e. The van der Waals surface area contributed by atoms with Gasteiger partial charge in [-0.15, -0.1) is 11.3 Å². The SMILES string of the molecule is COc1cccc(Oc2ccc(CNC(=O)c3csc(CN)n3)cn2)c1. The van der Waals surface area contributed by atoms with E-state index in [1.54, 1.807) is 30.8 Å².